The number of sulfonamides is 1. The highest BCUT2D eigenvalue weighted by atomic mass is 32.2. The maximum atomic E-state index is 13.3. The van der Waals surface area contributed by atoms with Crippen LogP contribution in [0.4, 0.5) is 5.82 Å². The first-order valence-corrected chi connectivity index (χ1v) is 11.1. The van der Waals surface area contributed by atoms with E-state index in [2.05, 4.69) is 29.0 Å². The molecule has 3 aromatic rings. The third-order valence-corrected chi connectivity index (χ3v) is 6.29. The number of hydrogen-bond acceptors (Lipinski definition) is 5. The number of pyridine rings is 2. The molecule has 0 bridgehead atoms. The summed E-state index contributed by atoms with van der Waals surface area (Å²) in [6, 6.07) is 18.2. The summed E-state index contributed by atoms with van der Waals surface area (Å²) < 4.78 is 28.0. The Kier molecular flexibility index (Phi) is 6.95. The molecule has 2 heterocycles. The number of nitrogens with zero attached hydrogens (tertiary/aromatic N) is 3. The van der Waals surface area contributed by atoms with Crippen molar-refractivity contribution in [3.63, 3.8) is 0 Å². The van der Waals surface area contributed by atoms with E-state index < -0.39 is 10.0 Å². The molecule has 0 spiro atoms. The number of rotatable bonds is 9. The Labute approximate surface area is 172 Å². The fourth-order valence-corrected chi connectivity index (χ4v) is 4.42. The van der Waals surface area contributed by atoms with Gasteiger partial charge in [-0.25, -0.2) is 18.4 Å². The summed E-state index contributed by atoms with van der Waals surface area (Å²) in [5.41, 5.74) is 8.51. The molecule has 2 N–H and O–H groups in total. The molecule has 0 unspecified atom stereocenters. The second kappa shape index (κ2) is 9.62. The number of anilines is 1. The lowest BCUT2D eigenvalue weighted by atomic mass is 10.1. The van der Waals surface area contributed by atoms with Crippen LogP contribution in [0.2, 0.25) is 0 Å². The average Bonchev–Trinajstić information content (AvgIpc) is 2.73. The Hall–Kier alpha value is -2.77. The first kappa shape index (κ1) is 21.0. The summed E-state index contributed by atoms with van der Waals surface area (Å²) in [5, 5.41) is 0.0195. The zero-order valence-corrected chi connectivity index (χ0v) is 17.3. The Bertz CT molecular complexity index is 1040. The standard InChI is InChI=1S/C22H26N4O2S/c1-2-3-8-18-9-6-10-19(15-18)16-26(17-20-11-7-12-21(23)25-20)29(27,28)22-13-4-5-14-24-22/h4-7,9-15H,2-3,8,16-17H2,1H3,(H2,23,25). The van der Waals surface area contributed by atoms with Gasteiger partial charge in [-0.15, -0.1) is 0 Å². The third kappa shape index (κ3) is 5.62. The highest BCUT2D eigenvalue weighted by Crippen LogP contribution is 2.20. The van der Waals surface area contributed by atoms with Crippen LogP contribution in [0.25, 0.3) is 0 Å². The smallest absolute Gasteiger partial charge is 0.261 e. The van der Waals surface area contributed by atoms with Crippen LogP contribution in [0, 0.1) is 0 Å². The SMILES string of the molecule is CCCCc1cccc(CN(Cc2cccc(N)n2)S(=O)(=O)c2ccccn2)c1. The summed E-state index contributed by atoms with van der Waals surface area (Å²) >= 11 is 0. The van der Waals surface area contributed by atoms with E-state index in [-0.39, 0.29) is 18.1 Å². The van der Waals surface area contributed by atoms with Crippen LogP contribution >= 0.6 is 0 Å². The van der Waals surface area contributed by atoms with E-state index in [1.807, 2.05) is 12.1 Å². The lowest BCUT2D eigenvalue weighted by molar-refractivity contribution is 0.395. The summed E-state index contributed by atoms with van der Waals surface area (Å²) in [7, 11) is -3.80. The van der Waals surface area contributed by atoms with E-state index in [4.69, 9.17) is 5.73 Å². The molecule has 0 aliphatic carbocycles. The molecular formula is C22H26N4O2S. The van der Waals surface area contributed by atoms with Crippen molar-refractivity contribution in [2.45, 2.75) is 44.3 Å². The minimum absolute atomic E-state index is 0.0195. The number of aryl methyl sites for hydroxylation is 1. The molecule has 0 aliphatic heterocycles. The lowest BCUT2D eigenvalue weighted by Gasteiger charge is -2.22. The van der Waals surface area contributed by atoms with Crippen LogP contribution in [0.3, 0.4) is 0 Å². The molecule has 0 saturated carbocycles. The van der Waals surface area contributed by atoms with Crippen molar-refractivity contribution in [2.75, 3.05) is 5.73 Å². The summed E-state index contributed by atoms with van der Waals surface area (Å²) in [5.74, 6) is 0.360. The summed E-state index contributed by atoms with van der Waals surface area (Å²) in [6.07, 6.45) is 4.68. The first-order chi connectivity index (χ1) is 14.0. The fourth-order valence-electron chi connectivity index (χ4n) is 3.09. The predicted molar refractivity (Wildman–Crippen MR) is 114 cm³/mol. The number of unbranched alkanes of at least 4 members (excludes halogenated alkanes) is 1. The van der Waals surface area contributed by atoms with Gasteiger partial charge < -0.3 is 5.73 Å². The highest BCUT2D eigenvalue weighted by molar-refractivity contribution is 7.89. The van der Waals surface area contributed by atoms with Crippen LogP contribution in [0.15, 0.2) is 71.9 Å². The van der Waals surface area contributed by atoms with Crippen molar-refractivity contribution >= 4 is 15.8 Å². The van der Waals surface area contributed by atoms with Gasteiger partial charge in [0.25, 0.3) is 10.0 Å². The minimum Gasteiger partial charge on any atom is -0.384 e. The molecule has 29 heavy (non-hydrogen) atoms. The quantitative estimate of drug-likeness (QED) is 0.580. The highest BCUT2D eigenvalue weighted by Gasteiger charge is 2.26. The maximum Gasteiger partial charge on any atom is 0.261 e. The van der Waals surface area contributed by atoms with Gasteiger partial charge in [0, 0.05) is 12.7 Å². The van der Waals surface area contributed by atoms with E-state index in [9.17, 15) is 8.42 Å². The van der Waals surface area contributed by atoms with Gasteiger partial charge in [-0.05, 0) is 48.2 Å². The van der Waals surface area contributed by atoms with Gasteiger partial charge in [0.2, 0.25) is 0 Å². The molecule has 0 atom stereocenters. The van der Waals surface area contributed by atoms with Crippen molar-refractivity contribution in [1.29, 1.82) is 0 Å². The molecular weight excluding hydrogens is 384 g/mol. The molecule has 0 aliphatic rings. The van der Waals surface area contributed by atoms with Crippen LogP contribution in [0.1, 0.15) is 36.6 Å². The molecule has 152 valence electrons. The molecule has 0 fully saturated rings. The minimum atomic E-state index is -3.80. The zero-order valence-electron chi connectivity index (χ0n) is 16.5. The molecule has 1 aromatic carbocycles. The normalized spacial score (nSPS) is 11.7. The van der Waals surface area contributed by atoms with Crippen LogP contribution in [-0.4, -0.2) is 22.7 Å². The Morgan fingerprint density at radius 1 is 0.966 bits per heavy atom. The summed E-state index contributed by atoms with van der Waals surface area (Å²) in [4.78, 5) is 8.33. The average molecular weight is 411 g/mol. The van der Waals surface area contributed by atoms with E-state index in [1.54, 1.807) is 30.3 Å². The molecule has 7 heteroatoms. The lowest BCUT2D eigenvalue weighted by Crippen LogP contribution is -2.31. The number of aromatic nitrogens is 2. The van der Waals surface area contributed by atoms with Gasteiger partial charge in [0.05, 0.1) is 12.2 Å². The molecule has 0 amide bonds. The Morgan fingerprint density at radius 2 is 1.76 bits per heavy atom. The summed E-state index contributed by atoms with van der Waals surface area (Å²) in [6.45, 7) is 2.50. The van der Waals surface area contributed by atoms with E-state index in [0.29, 0.717) is 11.5 Å². The van der Waals surface area contributed by atoms with Crippen molar-refractivity contribution < 1.29 is 8.42 Å². The van der Waals surface area contributed by atoms with Gasteiger partial charge in [-0.3, -0.25) is 0 Å². The predicted octanol–water partition coefficient (Wildman–Crippen LogP) is 3.79. The molecule has 0 saturated heterocycles. The van der Waals surface area contributed by atoms with Gasteiger partial charge in [-0.2, -0.15) is 4.31 Å². The Morgan fingerprint density at radius 3 is 2.48 bits per heavy atom. The zero-order chi connectivity index (χ0) is 20.7. The largest absolute Gasteiger partial charge is 0.384 e. The third-order valence-electron chi connectivity index (χ3n) is 4.58. The van der Waals surface area contributed by atoms with Crippen LogP contribution in [0.5, 0.6) is 0 Å². The topological polar surface area (TPSA) is 89.2 Å². The fraction of sp³-hybridized carbons (Fsp3) is 0.273. The monoisotopic (exact) mass is 410 g/mol. The number of nitrogens with two attached hydrogens (primary N) is 1. The van der Waals surface area contributed by atoms with Crippen LogP contribution < -0.4 is 5.73 Å². The van der Waals surface area contributed by atoms with Crippen molar-refractivity contribution in [3.05, 3.63) is 83.7 Å². The van der Waals surface area contributed by atoms with Gasteiger partial charge in [0.1, 0.15) is 5.82 Å². The molecule has 2 aromatic heterocycles. The maximum absolute atomic E-state index is 13.3. The molecule has 3 rings (SSSR count). The van der Waals surface area contributed by atoms with E-state index in [1.165, 1.54) is 22.1 Å². The Balaban J connectivity index is 1.93. The first-order valence-electron chi connectivity index (χ1n) is 9.69. The number of hydrogen-bond donors (Lipinski definition) is 1. The van der Waals surface area contributed by atoms with Crippen LogP contribution in [-0.2, 0) is 29.5 Å². The van der Waals surface area contributed by atoms with E-state index in [0.717, 1.165) is 24.8 Å². The van der Waals surface area contributed by atoms with Gasteiger partial charge in [0.15, 0.2) is 5.03 Å². The van der Waals surface area contributed by atoms with Crippen molar-refractivity contribution in [2.24, 2.45) is 0 Å². The molecule has 6 nitrogen and oxygen atoms in total. The number of nitrogen functional groups attached to an aromatic ring is 1. The van der Waals surface area contributed by atoms with Gasteiger partial charge >= 0.3 is 0 Å². The second-order valence-corrected chi connectivity index (χ2v) is 8.80. The second-order valence-electron chi connectivity index (χ2n) is 6.92. The van der Waals surface area contributed by atoms with Gasteiger partial charge in [-0.1, -0.05) is 49.7 Å². The number of benzene rings is 1. The molecule has 0 radical (unpaired) electrons. The van der Waals surface area contributed by atoms with Crippen molar-refractivity contribution in [1.82, 2.24) is 14.3 Å². The van der Waals surface area contributed by atoms with Crippen molar-refractivity contribution in [3.8, 4) is 0 Å². The van der Waals surface area contributed by atoms with E-state index >= 15 is 0 Å².